The molecular weight excluding hydrogens is 234 g/mol. The zero-order valence-corrected chi connectivity index (χ0v) is 9.65. The summed E-state index contributed by atoms with van der Waals surface area (Å²) in [7, 11) is 0. The number of nitrogens with zero attached hydrogens (tertiary/aromatic N) is 3. The fourth-order valence-electron chi connectivity index (χ4n) is 1.46. The maximum absolute atomic E-state index is 8.79. The lowest BCUT2D eigenvalue weighted by atomic mass is 10.1. The minimum absolute atomic E-state index is 0.432. The number of rotatable bonds is 2. The van der Waals surface area contributed by atoms with Crippen LogP contribution >= 0.6 is 11.6 Å². The van der Waals surface area contributed by atoms with Crippen LogP contribution in [-0.2, 0) is 0 Å². The van der Waals surface area contributed by atoms with Crippen LogP contribution in [0.4, 0.5) is 5.69 Å². The molecule has 82 valence electrons. The highest BCUT2D eigenvalue weighted by atomic mass is 35.5. The molecule has 3 nitrogen and oxygen atoms in total. The summed E-state index contributed by atoms with van der Waals surface area (Å²) in [5.41, 5.74) is 2.94. The SMILES string of the molecule is C=Nc1cncc(-c2ccc(C#N)c(Cl)c2)c1. The second-order valence-electron chi connectivity index (χ2n) is 3.40. The summed E-state index contributed by atoms with van der Waals surface area (Å²) in [5, 5.41) is 9.22. The number of hydrogen-bond donors (Lipinski definition) is 0. The number of halogens is 1. The van der Waals surface area contributed by atoms with Gasteiger partial charge >= 0.3 is 0 Å². The molecule has 0 aliphatic carbocycles. The molecule has 0 N–H and O–H groups in total. The van der Waals surface area contributed by atoms with Crippen LogP contribution in [0.15, 0.2) is 41.7 Å². The lowest BCUT2D eigenvalue weighted by Gasteiger charge is -2.03. The van der Waals surface area contributed by atoms with E-state index in [0.717, 1.165) is 11.1 Å². The molecule has 0 saturated carbocycles. The van der Waals surface area contributed by atoms with Crippen molar-refractivity contribution in [2.75, 3.05) is 0 Å². The minimum Gasteiger partial charge on any atom is -0.263 e. The largest absolute Gasteiger partial charge is 0.263 e. The molecule has 0 unspecified atom stereocenters. The predicted octanol–water partition coefficient (Wildman–Crippen LogP) is 3.61. The Labute approximate surface area is 104 Å². The highest BCUT2D eigenvalue weighted by molar-refractivity contribution is 6.32. The third kappa shape index (κ3) is 2.32. The first-order valence-electron chi connectivity index (χ1n) is 4.86. The molecule has 0 spiro atoms. The Morgan fingerprint density at radius 3 is 2.71 bits per heavy atom. The minimum atomic E-state index is 0.432. The lowest BCUT2D eigenvalue weighted by molar-refractivity contribution is 1.31. The lowest BCUT2D eigenvalue weighted by Crippen LogP contribution is -1.82. The second kappa shape index (κ2) is 4.77. The Hall–Kier alpha value is -2.18. The molecule has 1 aromatic heterocycles. The maximum atomic E-state index is 8.79. The standard InChI is InChI=1S/C13H8ClN3/c1-16-12-4-11(7-17-8-12)9-2-3-10(6-15)13(14)5-9/h2-5,7-8H,1H2. The highest BCUT2D eigenvalue weighted by Crippen LogP contribution is 2.26. The van der Waals surface area contributed by atoms with Crippen LogP contribution in [0.2, 0.25) is 5.02 Å². The van der Waals surface area contributed by atoms with Crippen LogP contribution in [-0.4, -0.2) is 11.7 Å². The fourth-order valence-corrected chi connectivity index (χ4v) is 1.68. The average molecular weight is 242 g/mol. The van der Waals surface area contributed by atoms with E-state index in [-0.39, 0.29) is 0 Å². The fraction of sp³-hybridized carbons (Fsp3) is 0. The van der Waals surface area contributed by atoms with Gasteiger partial charge in [-0.15, -0.1) is 0 Å². The van der Waals surface area contributed by atoms with E-state index in [4.69, 9.17) is 16.9 Å². The van der Waals surface area contributed by atoms with E-state index in [9.17, 15) is 0 Å². The maximum Gasteiger partial charge on any atom is 0.101 e. The van der Waals surface area contributed by atoms with E-state index in [1.807, 2.05) is 18.2 Å². The first kappa shape index (κ1) is 11.3. The number of benzene rings is 1. The van der Waals surface area contributed by atoms with E-state index in [2.05, 4.69) is 16.7 Å². The van der Waals surface area contributed by atoms with Gasteiger partial charge in [0.15, 0.2) is 0 Å². The van der Waals surface area contributed by atoms with Crippen LogP contribution in [0.25, 0.3) is 11.1 Å². The zero-order chi connectivity index (χ0) is 12.3. The van der Waals surface area contributed by atoms with E-state index >= 15 is 0 Å². The van der Waals surface area contributed by atoms with Crippen molar-refractivity contribution in [1.29, 1.82) is 5.26 Å². The molecule has 1 heterocycles. The van der Waals surface area contributed by atoms with Gasteiger partial charge in [0, 0.05) is 11.8 Å². The van der Waals surface area contributed by atoms with Gasteiger partial charge in [0.05, 0.1) is 22.5 Å². The molecule has 17 heavy (non-hydrogen) atoms. The van der Waals surface area contributed by atoms with Crippen molar-refractivity contribution in [3.8, 4) is 17.2 Å². The normalized spacial score (nSPS) is 9.65. The first-order valence-corrected chi connectivity index (χ1v) is 5.24. The summed E-state index contributed by atoms with van der Waals surface area (Å²) in [6.45, 7) is 3.45. The van der Waals surface area contributed by atoms with Crippen molar-refractivity contribution < 1.29 is 0 Å². The predicted molar refractivity (Wildman–Crippen MR) is 68.6 cm³/mol. The molecular formula is C13H8ClN3. The van der Waals surface area contributed by atoms with Crippen LogP contribution < -0.4 is 0 Å². The van der Waals surface area contributed by atoms with E-state index in [1.54, 1.807) is 24.5 Å². The van der Waals surface area contributed by atoms with Crippen LogP contribution in [0.3, 0.4) is 0 Å². The Morgan fingerprint density at radius 2 is 2.06 bits per heavy atom. The molecule has 4 heteroatoms. The van der Waals surface area contributed by atoms with Crippen LogP contribution in [0, 0.1) is 11.3 Å². The van der Waals surface area contributed by atoms with Crippen molar-refractivity contribution in [3.05, 3.63) is 47.2 Å². The quantitative estimate of drug-likeness (QED) is 0.754. The smallest absolute Gasteiger partial charge is 0.101 e. The van der Waals surface area contributed by atoms with E-state index in [1.165, 1.54) is 0 Å². The van der Waals surface area contributed by atoms with Crippen LogP contribution in [0.5, 0.6) is 0 Å². The van der Waals surface area contributed by atoms with Gasteiger partial charge in [0.2, 0.25) is 0 Å². The van der Waals surface area contributed by atoms with Gasteiger partial charge in [-0.25, -0.2) is 0 Å². The molecule has 0 fully saturated rings. The number of pyridine rings is 1. The monoisotopic (exact) mass is 241 g/mol. The molecule has 1 aromatic carbocycles. The molecule has 0 bridgehead atoms. The molecule has 0 atom stereocenters. The molecule has 0 radical (unpaired) electrons. The van der Waals surface area contributed by atoms with E-state index in [0.29, 0.717) is 16.3 Å². The topological polar surface area (TPSA) is 49.0 Å². The third-order valence-electron chi connectivity index (χ3n) is 2.33. The van der Waals surface area contributed by atoms with Crippen molar-refractivity contribution in [1.82, 2.24) is 4.98 Å². The second-order valence-corrected chi connectivity index (χ2v) is 3.80. The Kier molecular flexibility index (Phi) is 3.17. The first-order chi connectivity index (χ1) is 8.24. The molecule has 2 rings (SSSR count). The van der Waals surface area contributed by atoms with Gasteiger partial charge in [-0.3, -0.25) is 9.98 Å². The summed E-state index contributed by atoms with van der Waals surface area (Å²) in [5.74, 6) is 0. The van der Waals surface area contributed by atoms with Gasteiger partial charge in [-0.1, -0.05) is 17.7 Å². The van der Waals surface area contributed by atoms with Gasteiger partial charge in [-0.05, 0) is 30.5 Å². The number of aromatic nitrogens is 1. The van der Waals surface area contributed by atoms with Gasteiger partial charge in [-0.2, -0.15) is 5.26 Å². The summed E-state index contributed by atoms with van der Waals surface area (Å²) < 4.78 is 0. The Bertz CT molecular complexity index is 614. The van der Waals surface area contributed by atoms with Crippen molar-refractivity contribution in [2.45, 2.75) is 0 Å². The van der Waals surface area contributed by atoms with E-state index < -0.39 is 0 Å². The summed E-state index contributed by atoms with van der Waals surface area (Å²) >= 11 is 5.97. The molecule has 0 amide bonds. The summed E-state index contributed by atoms with van der Waals surface area (Å²) in [6, 6.07) is 9.13. The van der Waals surface area contributed by atoms with Crippen molar-refractivity contribution in [2.24, 2.45) is 4.99 Å². The molecule has 0 aliphatic heterocycles. The third-order valence-corrected chi connectivity index (χ3v) is 2.64. The zero-order valence-electron chi connectivity index (χ0n) is 8.89. The van der Waals surface area contributed by atoms with Gasteiger partial charge < -0.3 is 0 Å². The summed E-state index contributed by atoms with van der Waals surface area (Å²) in [6.07, 6.45) is 3.34. The van der Waals surface area contributed by atoms with Crippen LogP contribution in [0.1, 0.15) is 5.56 Å². The Morgan fingerprint density at radius 1 is 1.24 bits per heavy atom. The van der Waals surface area contributed by atoms with Crippen molar-refractivity contribution in [3.63, 3.8) is 0 Å². The summed E-state index contributed by atoms with van der Waals surface area (Å²) in [4.78, 5) is 7.88. The number of nitriles is 1. The highest BCUT2D eigenvalue weighted by Gasteiger charge is 2.04. The molecule has 0 saturated heterocycles. The van der Waals surface area contributed by atoms with Crippen molar-refractivity contribution >= 4 is 24.0 Å². The number of hydrogen-bond acceptors (Lipinski definition) is 3. The molecule has 2 aromatic rings. The average Bonchev–Trinajstić information content (AvgIpc) is 2.38. The van der Waals surface area contributed by atoms with Gasteiger partial charge in [0.25, 0.3) is 0 Å². The molecule has 0 aliphatic rings. The Balaban J connectivity index is 2.50. The number of aliphatic imine (C=N–C) groups is 1. The van der Waals surface area contributed by atoms with Gasteiger partial charge in [0.1, 0.15) is 6.07 Å².